The van der Waals surface area contributed by atoms with Crippen molar-refractivity contribution in [3.63, 3.8) is 0 Å². The zero-order valence-corrected chi connectivity index (χ0v) is 11.0. The Kier molecular flexibility index (Phi) is 11.3. The van der Waals surface area contributed by atoms with Crippen LogP contribution in [0.3, 0.4) is 0 Å². The highest BCUT2D eigenvalue weighted by Crippen LogP contribution is 2.01. The van der Waals surface area contributed by atoms with E-state index in [-0.39, 0.29) is 12.5 Å². The first-order valence-corrected chi connectivity index (χ1v) is 6.48. The molecule has 0 aromatic rings. The number of urea groups is 1. The van der Waals surface area contributed by atoms with Gasteiger partial charge < -0.3 is 20.5 Å². The number of unbranched alkanes of at least 4 members (excludes halogenated alkanes) is 3. The number of nitrogens with one attached hydrogen (secondary N) is 2. The molecule has 0 saturated heterocycles. The van der Waals surface area contributed by atoms with Gasteiger partial charge in [0.1, 0.15) is 0 Å². The first-order valence-electron chi connectivity index (χ1n) is 6.48. The number of carbonyl (C=O) groups excluding carboxylic acids is 1. The molecular weight excluding hydrogens is 236 g/mol. The SMILES string of the molecule is CCOCCNC(=O)NCCCCCCC(=O)O. The van der Waals surface area contributed by atoms with Gasteiger partial charge in [0.05, 0.1) is 6.61 Å². The third-order valence-corrected chi connectivity index (χ3v) is 2.34. The summed E-state index contributed by atoms with van der Waals surface area (Å²) < 4.78 is 5.08. The van der Waals surface area contributed by atoms with Crippen LogP contribution < -0.4 is 10.6 Å². The Bertz CT molecular complexity index is 234. The molecule has 0 fully saturated rings. The van der Waals surface area contributed by atoms with Crippen LogP contribution in [0.2, 0.25) is 0 Å². The predicted molar refractivity (Wildman–Crippen MR) is 68.6 cm³/mol. The van der Waals surface area contributed by atoms with Crippen LogP contribution >= 0.6 is 0 Å². The highest BCUT2D eigenvalue weighted by molar-refractivity contribution is 5.73. The van der Waals surface area contributed by atoms with E-state index in [0.717, 1.165) is 19.3 Å². The maximum atomic E-state index is 11.2. The summed E-state index contributed by atoms with van der Waals surface area (Å²) in [5.74, 6) is -0.748. The molecule has 0 bridgehead atoms. The van der Waals surface area contributed by atoms with Crippen molar-refractivity contribution in [1.82, 2.24) is 10.6 Å². The highest BCUT2D eigenvalue weighted by atomic mass is 16.5. The molecule has 0 aliphatic carbocycles. The van der Waals surface area contributed by atoms with Crippen molar-refractivity contribution in [3.05, 3.63) is 0 Å². The minimum atomic E-state index is -0.748. The average Bonchev–Trinajstić information content (AvgIpc) is 2.33. The molecule has 0 spiro atoms. The van der Waals surface area contributed by atoms with Crippen molar-refractivity contribution < 1.29 is 19.4 Å². The standard InChI is InChI=1S/C12H24N2O4/c1-2-18-10-9-14-12(17)13-8-6-4-3-5-7-11(15)16/h2-10H2,1H3,(H,15,16)(H2,13,14,17). The fourth-order valence-electron chi connectivity index (χ4n) is 1.40. The number of ether oxygens (including phenoxy) is 1. The number of carbonyl (C=O) groups is 2. The van der Waals surface area contributed by atoms with Crippen LogP contribution in [0.1, 0.15) is 39.0 Å². The van der Waals surface area contributed by atoms with Gasteiger partial charge in [-0.05, 0) is 19.8 Å². The lowest BCUT2D eigenvalue weighted by Gasteiger charge is -2.07. The summed E-state index contributed by atoms with van der Waals surface area (Å²) in [6.45, 7) is 4.22. The molecule has 0 radical (unpaired) electrons. The topological polar surface area (TPSA) is 87.7 Å². The second-order valence-corrected chi connectivity index (χ2v) is 3.94. The summed E-state index contributed by atoms with van der Waals surface area (Å²) in [5, 5.41) is 13.9. The van der Waals surface area contributed by atoms with Gasteiger partial charge in [0.15, 0.2) is 0 Å². The Morgan fingerprint density at radius 2 is 1.72 bits per heavy atom. The Labute approximate surface area is 108 Å². The minimum absolute atomic E-state index is 0.180. The maximum Gasteiger partial charge on any atom is 0.314 e. The van der Waals surface area contributed by atoms with E-state index in [0.29, 0.717) is 32.7 Å². The summed E-state index contributed by atoms with van der Waals surface area (Å²) in [7, 11) is 0. The van der Waals surface area contributed by atoms with Crippen molar-refractivity contribution in [2.45, 2.75) is 39.0 Å². The van der Waals surface area contributed by atoms with E-state index in [1.54, 1.807) is 0 Å². The third-order valence-electron chi connectivity index (χ3n) is 2.34. The molecule has 106 valence electrons. The molecular formula is C12H24N2O4. The van der Waals surface area contributed by atoms with Gasteiger partial charge in [-0.1, -0.05) is 12.8 Å². The van der Waals surface area contributed by atoms with Crippen LogP contribution in [-0.4, -0.2) is 43.4 Å². The molecule has 0 aromatic heterocycles. The normalized spacial score (nSPS) is 10.1. The Morgan fingerprint density at radius 1 is 1.06 bits per heavy atom. The van der Waals surface area contributed by atoms with Crippen molar-refractivity contribution in [2.75, 3.05) is 26.3 Å². The molecule has 0 unspecified atom stereocenters. The van der Waals surface area contributed by atoms with E-state index in [2.05, 4.69) is 10.6 Å². The number of carboxylic acids is 1. The van der Waals surface area contributed by atoms with Crippen LogP contribution in [0.4, 0.5) is 4.79 Å². The maximum absolute atomic E-state index is 11.2. The smallest absolute Gasteiger partial charge is 0.314 e. The lowest BCUT2D eigenvalue weighted by Crippen LogP contribution is -2.37. The summed E-state index contributed by atoms with van der Waals surface area (Å²) in [6, 6.07) is -0.180. The molecule has 0 aliphatic rings. The molecule has 0 heterocycles. The fraction of sp³-hybridized carbons (Fsp3) is 0.833. The summed E-state index contributed by atoms with van der Waals surface area (Å²) in [4.78, 5) is 21.5. The first-order chi connectivity index (χ1) is 8.66. The minimum Gasteiger partial charge on any atom is -0.481 e. The lowest BCUT2D eigenvalue weighted by atomic mass is 10.1. The Balaban J connectivity index is 3.17. The van der Waals surface area contributed by atoms with Crippen LogP contribution in [-0.2, 0) is 9.53 Å². The molecule has 0 saturated carbocycles. The van der Waals surface area contributed by atoms with Crippen LogP contribution in [0, 0.1) is 0 Å². The summed E-state index contributed by atoms with van der Waals surface area (Å²) >= 11 is 0. The third kappa shape index (κ3) is 12.8. The number of carboxylic acid groups (broad SMARTS) is 1. The van der Waals surface area contributed by atoms with Gasteiger partial charge in [-0.15, -0.1) is 0 Å². The van der Waals surface area contributed by atoms with Crippen LogP contribution in [0.5, 0.6) is 0 Å². The van der Waals surface area contributed by atoms with E-state index in [9.17, 15) is 9.59 Å². The van der Waals surface area contributed by atoms with E-state index in [4.69, 9.17) is 9.84 Å². The number of hydrogen-bond donors (Lipinski definition) is 3. The van der Waals surface area contributed by atoms with Gasteiger partial charge in [0.25, 0.3) is 0 Å². The molecule has 0 atom stereocenters. The molecule has 0 aliphatic heterocycles. The van der Waals surface area contributed by atoms with E-state index >= 15 is 0 Å². The van der Waals surface area contributed by atoms with Crippen molar-refractivity contribution in [2.24, 2.45) is 0 Å². The number of amides is 2. The summed E-state index contributed by atoms with van der Waals surface area (Å²) in [5.41, 5.74) is 0. The number of aliphatic carboxylic acids is 1. The van der Waals surface area contributed by atoms with Gasteiger partial charge >= 0.3 is 12.0 Å². The monoisotopic (exact) mass is 260 g/mol. The van der Waals surface area contributed by atoms with Gasteiger partial charge in [0.2, 0.25) is 0 Å². The molecule has 0 rings (SSSR count). The summed E-state index contributed by atoms with van der Waals surface area (Å²) in [6.07, 6.45) is 3.63. The van der Waals surface area contributed by atoms with Gasteiger partial charge in [0, 0.05) is 26.1 Å². The largest absolute Gasteiger partial charge is 0.481 e. The molecule has 18 heavy (non-hydrogen) atoms. The molecule has 2 amide bonds. The van der Waals surface area contributed by atoms with Crippen molar-refractivity contribution in [1.29, 1.82) is 0 Å². The van der Waals surface area contributed by atoms with Gasteiger partial charge in [-0.3, -0.25) is 4.79 Å². The van der Waals surface area contributed by atoms with E-state index in [1.807, 2.05) is 6.92 Å². The average molecular weight is 260 g/mol. The second kappa shape index (κ2) is 12.2. The van der Waals surface area contributed by atoms with E-state index < -0.39 is 5.97 Å². The quantitative estimate of drug-likeness (QED) is 0.489. The molecule has 0 aromatic carbocycles. The Hall–Kier alpha value is -1.30. The fourth-order valence-corrected chi connectivity index (χ4v) is 1.40. The van der Waals surface area contributed by atoms with Crippen molar-refractivity contribution in [3.8, 4) is 0 Å². The predicted octanol–water partition coefficient (Wildman–Crippen LogP) is 1.36. The molecule has 6 heteroatoms. The molecule has 6 nitrogen and oxygen atoms in total. The Morgan fingerprint density at radius 3 is 2.39 bits per heavy atom. The zero-order valence-electron chi connectivity index (χ0n) is 11.0. The van der Waals surface area contributed by atoms with E-state index in [1.165, 1.54) is 0 Å². The molecule has 3 N–H and O–H groups in total. The van der Waals surface area contributed by atoms with Crippen LogP contribution in [0.15, 0.2) is 0 Å². The first kappa shape index (κ1) is 16.7. The van der Waals surface area contributed by atoms with Gasteiger partial charge in [-0.2, -0.15) is 0 Å². The lowest BCUT2D eigenvalue weighted by molar-refractivity contribution is -0.137. The zero-order chi connectivity index (χ0) is 13.6. The van der Waals surface area contributed by atoms with Crippen molar-refractivity contribution >= 4 is 12.0 Å². The number of rotatable bonds is 11. The van der Waals surface area contributed by atoms with Gasteiger partial charge in [-0.25, -0.2) is 4.79 Å². The highest BCUT2D eigenvalue weighted by Gasteiger charge is 1.99. The second-order valence-electron chi connectivity index (χ2n) is 3.94. The number of hydrogen-bond acceptors (Lipinski definition) is 3. The van der Waals surface area contributed by atoms with Crippen LogP contribution in [0.25, 0.3) is 0 Å².